The molecule has 6 nitrogen and oxygen atoms in total. The van der Waals surface area contributed by atoms with Crippen molar-refractivity contribution in [3.63, 3.8) is 0 Å². The Morgan fingerprint density at radius 1 is 0.770 bits per heavy atom. The van der Waals surface area contributed by atoms with E-state index in [1.54, 1.807) is 6.07 Å². The second-order valence-electron chi connectivity index (χ2n) is 19.7. The summed E-state index contributed by atoms with van der Waals surface area (Å²) in [6, 6.07) is 35.1. The average molecular weight is 838 g/mol. The van der Waals surface area contributed by atoms with Gasteiger partial charge < -0.3 is 4.74 Å². The molecule has 4 aromatic carbocycles. The topological polar surface area (TPSA) is 86.5 Å². The van der Waals surface area contributed by atoms with Gasteiger partial charge in [-0.1, -0.05) is 169 Å². The smallest absolute Gasteiger partial charge is 0.343 e. The lowest BCUT2D eigenvalue weighted by molar-refractivity contribution is -0.384. The molecule has 0 radical (unpaired) electrons. The standard InChI is InChI=1S/C54H64NO5P/c1-37(2)17-15-18-38(3)47-29-30-48-46-28-27-40-36-42(31-33-53(40,4)49(46)32-34-54(47,48)5)60-52(57)51(50(56)39-19-16-20-41(35-39)55(58)59)61(43-21-9-6-10-22-43,44-23-11-7-12-24-44)45-25-13-8-14-26-45/h6-14,16,19-27,35,37-38,42,46-49H,15,17-18,28-34,36H2,1-5H3/t38-,42+,46-,47+,48-,49-,53+,54+/m1/s1. The van der Waals surface area contributed by atoms with Crippen LogP contribution in [-0.2, 0) is 9.53 Å². The van der Waals surface area contributed by atoms with Crippen molar-refractivity contribution in [2.24, 2.45) is 46.3 Å². The van der Waals surface area contributed by atoms with Crippen LogP contribution < -0.4 is 15.9 Å². The summed E-state index contributed by atoms with van der Waals surface area (Å²) < 4.78 is 6.70. The fraction of sp³-hybridized carbons (Fsp3) is 0.463. The van der Waals surface area contributed by atoms with Crippen molar-refractivity contribution in [2.45, 2.75) is 111 Å². The number of carbonyl (C=O) groups is 2. The maximum absolute atomic E-state index is 15.4. The molecule has 0 aromatic heterocycles. The number of ketones is 1. The van der Waals surface area contributed by atoms with E-state index in [9.17, 15) is 10.1 Å². The minimum atomic E-state index is -3.24. The summed E-state index contributed by atoms with van der Waals surface area (Å²) in [7, 11) is 0. The largest absolute Gasteiger partial charge is 0.458 e. The van der Waals surface area contributed by atoms with Crippen molar-refractivity contribution in [3.8, 4) is 0 Å². The van der Waals surface area contributed by atoms with Crippen molar-refractivity contribution in [1.82, 2.24) is 0 Å². The number of rotatable bonds is 13. The number of esters is 1. The molecule has 8 rings (SSSR count). The number of hydrogen-bond donors (Lipinski definition) is 0. The maximum Gasteiger partial charge on any atom is 0.343 e. The molecule has 4 aromatic rings. The van der Waals surface area contributed by atoms with Crippen molar-refractivity contribution in [1.29, 1.82) is 0 Å². The Balaban J connectivity index is 1.15. The second kappa shape index (κ2) is 17.7. The Morgan fingerprint density at radius 2 is 1.39 bits per heavy atom. The quantitative estimate of drug-likeness (QED) is 0.0255. The van der Waals surface area contributed by atoms with Crippen molar-refractivity contribution in [3.05, 3.63) is 143 Å². The van der Waals surface area contributed by atoms with Crippen LogP contribution in [-0.4, -0.2) is 28.1 Å². The van der Waals surface area contributed by atoms with Crippen LogP contribution in [0.3, 0.4) is 0 Å². The summed E-state index contributed by atoms with van der Waals surface area (Å²) in [6.45, 7) is 9.13. The van der Waals surface area contributed by atoms with E-state index in [1.165, 1.54) is 68.7 Å². The summed E-state index contributed by atoms with van der Waals surface area (Å²) in [5.41, 5.74) is 1.78. The fourth-order valence-corrected chi connectivity index (χ4v) is 17.3. The highest BCUT2D eigenvalue weighted by molar-refractivity contribution is 7.97. The Hall–Kier alpha value is -4.54. The average Bonchev–Trinajstić information content (AvgIpc) is 3.63. The lowest BCUT2D eigenvalue weighted by Gasteiger charge is -2.58. The molecule has 8 atom stereocenters. The number of carbonyl (C=O) groups excluding carboxylic acids is 2. The van der Waals surface area contributed by atoms with E-state index in [0.29, 0.717) is 23.7 Å². The number of allylic oxidation sites excluding steroid dienone is 1. The highest BCUT2D eigenvalue weighted by Gasteiger charge is 2.59. The Bertz CT molecular complexity index is 2220. The summed E-state index contributed by atoms with van der Waals surface area (Å²) in [5.74, 6) is 3.25. The zero-order chi connectivity index (χ0) is 42.9. The molecule has 3 saturated carbocycles. The molecule has 4 aliphatic rings. The third-order valence-corrected chi connectivity index (χ3v) is 20.3. The number of nitrogens with zero attached hydrogens (tertiary/aromatic N) is 1. The first-order valence-electron chi connectivity index (χ1n) is 23.0. The number of nitro groups is 1. The van der Waals surface area contributed by atoms with Crippen molar-refractivity contribution >= 4 is 45.5 Å². The predicted octanol–water partition coefficient (Wildman–Crippen LogP) is 11.9. The zero-order valence-electron chi connectivity index (χ0n) is 36.8. The number of Topliss-reactive ketones (excluding diaryl/α,β-unsaturated/α-hetero) is 1. The van der Waals surface area contributed by atoms with Gasteiger partial charge in [0.25, 0.3) is 5.69 Å². The molecule has 0 unspecified atom stereocenters. The number of nitro benzene ring substituents is 1. The van der Waals surface area contributed by atoms with E-state index < -0.39 is 29.7 Å². The SMILES string of the molecule is CC(C)CCC[C@@H](C)[C@@H]1CC[C@@H]2[C@H]3CC=C4C[C@@H](OC(=O)C(C(=O)c5cccc([N+](=O)[O-])c5)=P(c5ccccc5)(c5ccccc5)c5ccccc5)CC[C@]4(C)[C@@H]3CC[C@]21C. The number of benzene rings is 4. The number of ether oxygens (including phenoxy) is 1. The minimum absolute atomic E-state index is 0.0309. The maximum atomic E-state index is 15.4. The van der Waals surface area contributed by atoms with Gasteiger partial charge in [0.15, 0.2) is 0 Å². The van der Waals surface area contributed by atoms with E-state index in [4.69, 9.17) is 4.74 Å². The molecular formula is C54H64NO5P. The van der Waals surface area contributed by atoms with Crippen LogP contribution >= 0.6 is 6.89 Å². The van der Waals surface area contributed by atoms with Gasteiger partial charge >= 0.3 is 5.97 Å². The Kier molecular flexibility index (Phi) is 12.5. The second-order valence-corrected chi connectivity index (χ2v) is 23.1. The van der Waals surface area contributed by atoms with Crippen LogP contribution in [0, 0.1) is 56.5 Å². The van der Waals surface area contributed by atoms with Gasteiger partial charge in [-0.25, -0.2) is 4.79 Å². The van der Waals surface area contributed by atoms with Gasteiger partial charge in [0, 0.05) is 24.1 Å². The van der Waals surface area contributed by atoms with E-state index >= 15 is 9.59 Å². The van der Waals surface area contributed by atoms with Crippen LogP contribution in [0.25, 0.3) is 0 Å². The van der Waals surface area contributed by atoms with E-state index in [0.717, 1.165) is 58.8 Å². The monoisotopic (exact) mass is 837 g/mol. The van der Waals surface area contributed by atoms with Gasteiger partial charge in [-0.05, 0) is 114 Å². The summed E-state index contributed by atoms with van der Waals surface area (Å²) in [6.07, 6.45) is 14.9. The summed E-state index contributed by atoms with van der Waals surface area (Å²) in [5, 5.41) is 14.5. The molecule has 3 fully saturated rings. The number of fused-ring (bicyclic) bond motifs is 5. The highest BCUT2D eigenvalue weighted by Crippen LogP contribution is 2.67. The van der Waals surface area contributed by atoms with Crippen molar-refractivity contribution < 1.29 is 19.2 Å². The zero-order valence-corrected chi connectivity index (χ0v) is 37.7. The normalized spacial score (nSPS) is 27.5. The highest BCUT2D eigenvalue weighted by atomic mass is 31.2. The fourth-order valence-electron chi connectivity index (χ4n) is 13.0. The van der Waals surface area contributed by atoms with Gasteiger partial charge in [0.1, 0.15) is 11.4 Å². The predicted molar refractivity (Wildman–Crippen MR) is 251 cm³/mol. The summed E-state index contributed by atoms with van der Waals surface area (Å²) in [4.78, 5) is 42.2. The molecule has 320 valence electrons. The molecule has 0 saturated heterocycles. The molecule has 0 spiro atoms. The van der Waals surface area contributed by atoms with E-state index in [2.05, 4.69) is 40.7 Å². The minimum Gasteiger partial charge on any atom is -0.458 e. The third-order valence-electron chi connectivity index (χ3n) is 16.0. The Morgan fingerprint density at radius 3 is 1.98 bits per heavy atom. The van der Waals surface area contributed by atoms with E-state index in [1.807, 2.05) is 91.0 Å². The van der Waals surface area contributed by atoms with Crippen LogP contribution in [0.1, 0.15) is 116 Å². The molecule has 0 bridgehead atoms. The van der Waals surface area contributed by atoms with E-state index in [-0.39, 0.29) is 22.0 Å². The first kappa shape index (κ1) is 43.1. The lowest BCUT2D eigenvalue weighted by Crippen LogP contribution is -2.51. The third kappa shape index (κ3) is 7.92. The van der Waals surface area contributed by atoms with Crippen LogP contribution in [0.5, 0.6) is 0 Å². The Labute approximate surface area is 363 Å². The van der Waals surface area contributed by atoms with Gasteiger partial charge in [0.2, 0.25) is 5.78 Å². The van der Waals surface area contributed by atoms with Crippen LogP contribution in [0.15, 0.2) is 127 Å². The van der Waals surface area contributed by atoms with Crippen LogP contribution in [0.4, 0.5) is 5.69 Å². The molecule has 0 amide bonds. The first-order valence-corrected chi connectivity index (χ1v) is 24.8. The first-order chi connectivity index (χ1) is 29.4. The van der Waals surface area contributed by atoms with Gasteiger partial charge in [0.05, 0.1) is 4.92 Å². The number of non-ortho nitro benzene ring substituents is 1. The van der Waals surface area contributed by atoms with Crippen molar-refractivity contribution in [2.75, 3.05) is 0 Å². The molecule has 4 aliphatic carbocycles. The molecule has 0 heterocycles. The summed E-state index contributed by atoms with van der Waals surface area (Å²) >= 11 is 0. The number of hydrogen-bond acceptors (Lipinski definition) is 5. The molecule has 0 aliphatic heterocycles. The molecule has 61 heavy (non-hydrogen) atoms. The van der Waals surface area contributed by atoms with Gasteiger partial charge in [-0.3, -0.25) is 14.9 Å². The molecule has 7 heteroatoms. The lowest BCUT2D eigenvalue weighted by atomic mass is 9.47. The molecule has 0 N–H and O–H groups in total. The van der Waals surface area contributed by atoms with Crippen LogP contribution in [0.2, 0.25) is 0 Å². The van der Waals surface area contributed by atoms with Gasteiger partial charge in [-0.15, -0.1) is 0 Å². The van der Waals surface area contributed by atoms with Gasteiger partial charge in [-0.2, -0.15) is 0 Å². The molecular weight excluding hydrogens is 774 g/mol.